The van der Waals surface area contributed by atoms with Gasteiger partial charge in [-0.1, -0.05) is 97.6 Å². The minimum absolute atomic E-state index is 0.0415. The topological polar surface area (TPSA) is 9.72 Å². The van der Waals surface area contributed by atoms with E-state index in [9.17, 15) is 0 Å². The first kappa shape index (κ1) is 31.5. The highest BCUT2D eigenvalue weighted by atomic mass is 15.3. The van der Waals surface area contributed by atoms with Crippen molar-refractivity contribution in [1.29, 1.82) is 0 Å². The summed E-state index contributed by atoms with van der Waals surface area (Å²) in [7, 11) is 0. The molecule has 0 spiro atoms. The molecule has 0 N–H and O–H groups in total. The highest BCUT2D eigenvalue weighted by Gasteiger charge is 2.61. The van der Waals surface area contributed by atoms with Crippen LogP contribution in [0.2, 0.25) is 0 Å². The summed E-state index contributed by atoms with van der Waals surface area (Å²) >= 11 is 0. The molecule has 10 rings (SSSR count). The zero-order valence-corrected chi connectivity index (χ0v) is 31.3. The Balaban J connectivity index is 1.35. The second-order valence-corrected chi connectivity index (χ2v) is 16.5. The van der Waals surface area contributed by atoms with Gasteiger partial charge in [-0.3, -0.25) is 0 Å². The van der Waals surface area contributed by atoms with Gasteiger partial charge in [-0.2, -0.15) is 0 Å². The first-order valence-electron chi connectivity index (χ1n) is 19.2. The first-order chi connectivity index (χ1) is 25.2. The zero-order valence-electron chi connectivity index (χ0n) is 31.3. The molecule has 256 valence electrons. The molecule has 4 heteroatoms. The molecule has 1 fully saturated rings. The van der Waals surface area contributed by atoms with E-state index in [1.807, 2.05) is 0 Å². The van der Waals surface area contributed by atoms with Gasteiger partial charge in [0.25, 0.3) is 6.71 Å². The van der Waals surface area contributed by atoms with Gasteiger partial charge in [0.1, 0.15) is 0 Å². The van der Waals surface area contributed by atoms with Gasteiger partial charge in [0.2, 0.25) is 0 Å². The van der Waals surface area contributed by atoms with Crippen molar-refractivity contribution >= 4 is 68.6 Å². The van der Waals surface area contributed by atoms with Crippen molar-refractivity contribution in [3.8, 4) is 0 Å². The summed E-state index contributed by atoms with van der Waals surface area (Å²) in [5, 5.41) is 0. The SMILES string of the molecule is Cc1ccc(N2c3ccc(C)cc3B3c4cccc5c4N(c4cc(N(c6cccc(C)c6)c6cccc(C)c6)cc2c43)C2(C)CCCCC52C)cc1. The molecular formula is C48H46BN3. The molecular weight excluding hydrogens is 629 g/mol. The number of fused-ring (bicyclic) bond motifs is 7. The molecule has 1 aliphatic carbocycles. The number of para-hydroxylation sites is 1. The number of aryl methyl sites for hydroxylation is 4. The Morgan fingerprint density at radius 1 is 0.558 bits per heavy atom. The average Bonchev–Trinajstić information content (AvgIpc) is 3.35. The van der Waals surface area contributed by atoms with E-state index in [0.29, 0.717) is 0 Å². The maximum atomic E-state index is 2.84. The highest BCUT2D eigenvalue weighted by Crippen LogP contribution is 2.62. The van der Waals surface area contributed by atoms with Gasteiger partial charge in [0.05, 0.1) is 11.2 Å². The van der Waals surface area contributed by atoms with Crippen LogP contribution in [0.25, 0.3) is 0 Å². The second kappa shape index (κ2) is 11.1. The van der Waals surface area contributed by atoms with Crippen molar-refractivity contribution < 1.29 is 0 Å². The van der Waals surface area contributed by atoms with Crippen molar-refractivity contribution in [3.63, 3.8) is 0 Å². The van der Waals surface area contributed by atoms with Crippen LogP contribution in [0, 0.1) is 27.7 Å². The molecule has 6 aromatic carbocycles. The molecule has 6 aromatic rings. The summed E-state index contributed by atoms with van der Waals surface area (Å²) in [6, 6.07) is 46.5. The molecule has 1 saturated carbocycles. The van der Waals surface area contributed by atoms with Crippen LogP contribution in [-0.2, 0) is 5.41 Å². The number of hydrogen-bond donors (Lipinski definition) is 0. The number of hydrogen-bond acceptors (Lipinski definition) is 3. The van der Waals surface area contributed by atoms with Crippen LogP contribution >= 0.6 is 0 Å². The summed E-state index contributed by atoms with van der Waals surface area (Å²) in [5.41, 5.74) is 21.0. The lowest BCUT2D eigenvalue weighted by molar-refractivity contribution is 0.195. The van der Waals surface area contributed by atoms with Gasteiger partial charge >= 0.3 is 0 Å². The summed E-state index contributed by atoms with van der Waals surface area (Å²) in [5.74, 6) is 0. The lowest BCUT2D eigenvalue weighted by Gasteiger charge is -2.53. The Morgan fingerprint density at radius 2 is 1.19 bits per heavy atom. The summed E-state index contributed by atoms with van der Waals surface area (Å²) in [6.07, 6.45) is 4.93. The first-order valence-corrected chi connectivity index (χ1v) is 19.2. The number of benzene rings is 6. The molecule has 4 aliphatic rings. The minimum Gasteiger partial charge on any atom is -0.335 e. The fourth-order valence-corrected chi connectivity index (χ4v) is 10.5. The molecule has 3 aliphatic heterocycles. The molecule has 52 heavy (non-hydrogen) atoms. The van der Waals surface area contributed by atoms with Crippen molar-refractivity contribution in [2.45, 2.75) is 78.2 Å². The molecule has 0 bridgehead atoms. The third-order valence-corrected chi connectivity index (χ3v) is 13.2. The van der Waals surface area contributed by atoms with Gasteiger partial charge in [-0.05, 0) is 135 Å². The van der Waals surface area contributed by atoms with E-state index in [1.165, 1.54) is 115 Å². The smallest absolute Gasteiger partial charge is 0.252 e. The quantitative estimate of drug-likeness (QED) is 0.172. The van der Waals surface area contributed by atoms with Gasteiger partial charge in [0, 0.05) is 45.2 Å². The van der Waals surface area contributed by atoms with Gasteiger partial charge in [0.15, 0.2) is 0 Å². The molecule has 2 atom stereocenters. The molecule has 0 amide bonds. The Kier molecular flexibility index (Phi) is 6.75. The van der Waals surface area contributed by atoms with Crippen LogP contribution in [0.15, 0.2) is 121 Å². The van der Waals surface area contributed by atoms with E-state index < -0.39 is 0 Å². The van der Waals surface area contributed by atoms with Gasteiger partial charge < -0.3 is 14.7 Å². The largest absolute Gasteiger partial charge is 0.335 e. The van der Waals surface area contributed by atoms with Crippen LogP contribution in [0.3, 0.4) is 0 Å². The number of anilines is 8. The standard InChI is InChI=1S/C48H46BN3/c1-31-18-21-35(22-19-31)51-42-23-20-34(4)28-41(42)49-40-17-11-16-39-46(40)52(48(6)25-8-7-24-47(39,48)5)44-30-38(29-43(51)45(44)49)50(36-14-9-12-32(2)26-36)37-15-10-13-33(3)27-37/h9-23,26-30H,7-8,24-25H2,1-6H3. The molecule has 3 nitrogen and oxygen atoms in total. The number of rotatable bonds is 4. The Labute approximate surface area is 309 Å². The fourth-order valence-electron chi connectivity index (χ4n) is 10.5. The third kappa shape index (κ3) is 4.27. The summed E-state index contributed by atoms with van der Waals surface area (Å²) in [6.45, 7) is 14.1. The van der Waals surface area contributed by atoms with Crippen molar-refractivity contribution in [2.24, 2.45) is 0 Å². The normalized spacial score (nSPS) is 20.6. The van der Waals surface area contributed by atoms with E-state index in [-0.39, 0.29) is 17.7 Å². The highest BCUT2D eigenvalue weighted by molar-refractivity contribution is 7.00. The monoisotopic (exact) mass is 675 g/mol. The Morgan fingerprint density at radius 3 is 1.90 bits per heavy atom. The summed E-state index contributed by atoms with van der Waals surface area (Å²) in [4.78, 5) is 7.89. The van der Waals surface area contributed by atoms with Crippen LogP contribution < -0.4 is 31.1 Å². The average molecular weight is 676 g/mol. The van der Waals surface area contributed by atoms with E-state index in [2.05, 4.69) is 178 Å². The van der Waals surface area contributed by atoms with E-state index >= 15 is 0 Å². The van der Waals surface area contributed by atoms with Gasteiger partial charge in [-0.25, -0.2) is 0 Å². The number of nitrogens with zero attached hydrogens (tertiary/aromatic N) is 3. The third-order valence-electron chi connectivity index (χ3n) is 13.2. The maximum Gasteiger partial charge on any atom is 0.252 e. The van der Waals surface area contributed by atoms with Gasteiger partial charge in [-0.15, -0.1) is 0 Å². The molecule has 3 heterocycles. The lowest BCUT2D eigenvalue weighted by Crippen LogP contribution is -2.64. The minimum atomic E-state index is -0.0415. The summed E-state index contributed by atoms with van der Waals surface area (Å²) < 4.78 is 0. The lowest BCUT2D eigenvalue weighted by atomic mass is 9.33. The van der Waals surface area contributed by atoms with Crippen molar-refractivity contribution in [1.82, 2.24) is 0 Å². The fraction of sp³-hybridized carbons (Fsp3) is 0.250. The van der Waals surface area contributed by atoms with Crippen LogP contribution in [-0.4, -0.2) is 12.3 Å². The van der Waals surface area contributed by atoms with Crippen molar-refractivity contribution in [3.05, 3.63) is 149 Å². The van der Waals surface area contributed by atoms with E-state index in [4.69, 9.17) is 0 Å². The molecule has 0 radical (unpaired) electrons. The second-order valence-electron chi connectivity index (χ2n) is 16.5. The Bertz CT molecular complexity index is 2390. The van der Waals surface area contributed by atoms with E-state index in [1.54, 1.807) is 0 Å². The van der Waals surface area contributed by atoms with Crippen LogP contribution in [0.5, 0.6) is 0 Å². The predicted molar refractivity (Wildman–Crippen MR) is 222 cm³/mol. The van der Waals surface area contributed by atoms with Crippen molar-refractivity contribution in [2.75, 3.05) is 14.7 Å². The van der Waals surface area contributed by atoms with Crippen LogP contribution in [0.1, 0.15) is 67.3 Å². The zero-order chi connectivity index (χ0) is 35.5. The Hall–Kier alpha value is -5.22. The molecule has 0 saturated heterocycles. The predicted octanol–water partition coefficient (Wildman–Crippen LogP) is 10.7. The molecule has 0 aromatic heterocycles. The molecule has 2 unspecified atom stereocenters. The van der Waals surface area contributed by atoms with Crippen LogP contribution in [0.4, 0.5) is 45.5 Å². The van der Waals surface area contributed by atoms with E-state index in [0.717, 1.165) is 0 Å². The maximum absolute atomic E-state index is 2.84.